The number of hydrogen-bond acceptors (Lipinski definition) is 5. The fourth-order valence-electron chi connectivity index (χ4n) is 2.24. The fourth-order valence-corrected chi connectivity index (χ4v) is 3.68. The minimum atomic E-state index is -3.53. The van der Waals surface area contributed by atoms with Crippen LogP contribution in [0.4, 0.5) is 0 Å². The van der Waals surface area contributed by atoms with Gasteiger partial charge in [-0.15, -0.1) is 0 Å². The Bertz CT molecular complexity index is 567. The summed E-state index contributed by atoms with van der Waals surface area (Å²) in [6.07, 6.45) is 0. The molecule has 0 bridgehead atoms. The Morgan fingerprint density at radius 3 is 2.50 bits per heavy atom. The summed E-state index contributed by atoms with van der Waals surface area (Å²) < 4.78 is 34.2. The zero-order chi connectivity index (χ0) is 16.8. The van der Waals surface area contributed by atoms with E-state index in [1.165, 1.54) is 0 Å². The zero-order valence-corrected chi connectivity index (χ0v) is 15.0. The predicted molar refractivity (Wildman–Crippen MR) is 86.5 cm³/mol. The van der Waals surface area contributed by atoms with Crippen LogP contribution in [0.5, 0.6) is 0 Å². The van der Waals surface area contributed by atoms with E-state index in [-0.39, 0.29) is 0 Å². The molecule has 128 valence electrons. The van der Waals surface area contributed by atoms with Gasteiger partial charge in [-0.25, -0.2) is 13.1 Å². The van der Waals surface area contributed by atoms with Crippen LogP contribution in [0, 0.1) is 19.8 Å². The molecule has 2 N–H and O–H groups in total. The monoisotopic (exact) mass is 332 g/mol. The number of ether oxygens (including phenoxy) is 1. The first kappa shape index (κ1) is 19.1. The first-order chi connectivity index (χ1) is 10.3. The summed E-state index contributed by atoms with van der Waals surface area (Å²) in [5.41, 5.74) is 1.23. The van der Waals surface area contributed by atoms with Crippen molar-refractivity contribution in [2.75, 3.05) is 33.4 Å². The molecule has 1 aromatic rings. The Labute approximate surface area is 133 Å². The van der Waals surface area contributed by atoms with Crippen LogP contribution < -0.4 is 10.0 Å². The van der Waals surface area contributed by atoms with Crippen molar-refractivity contribution >= 4 is 10.0 Å². The van der Waals surface area contributed by atoms with Gasteiger partial charge in [0.05, 0.1) is 18.0 Å². The number of aromatic nitrogens is 2. The van der Waals surface area contributed by atoms with Crippen molar-refractivity contribution in [2.24, 2.45) is 5.92 Å². The minimum Gasteiger partial charge on any atom is -0.383 e. The molecule has 8 heteroatoms. The van der Waals surface area contributed by atoms with Crippen molar-refractivity contribution in [1.82, 2.24) is 19.8 Å². The van der Waals surface area contributed by atoms with E-state index in [1.54, 1.807) is 25.6 Å². The quantitative estimate of drug-likeness (QED) is 0.615. The summed E-state index contributed by atoms with van der Waals surface area (Å²) in [6, 6.07) is 0. The van der Waals surface area contributed by atoms with Crippen LogP contribution in [0.1, 0.15) is 25.2 Å². The Kier molecular flexibility index (Phi) is 7.47. The third-order valence-corrected chi connectivity index (χ3v) is 4.91. The zero-order valence-electron chi connectivity index (χ0n) is 14.1. The van der Waals surface area contributed by atoms with Gasteiger partial charge >= 0.3 is 0 Å². The number of nitrogens with zero attached hydrogens (tertiary/aromatic N) is 2. The van der Waals surface area contributed by atoms with Gasteiger partial charge in [-0.1, -0.05) is 13.8 Å². The van der Waals surface area contributed by atoms with Crippen LogP contribution in [0.2, 0.25) is 0 Å². The first-order valence-electron chi connectivity index (χ1n) is 7.53. The molecule has 22 heavy (non-hydrogen) atoms. The van der Waals surface area contributed by atoms with Gasteiger partial charge in [0.15, 0.2) is 0 Å². The molecule has 0 aliphatic rings. The molecule has 0 saturated carbocycles. The highest BCUT2D eigenvalue weighted by Crippen LogP contribution is 2.19. The average molecular weight is 332 g/mol. The molecule has 0 unspecified atom stereocenters. The Hall–Kier alpha value is -0.960. The maximum absolute atomic E-state index is 12.4. The molecule has 0 atom stereocenters. The van der Waals surface area contributed by atoms with E-state index in [9.17, 15) is 8.42 Å². The maximum atomic E-state index is 12.4. The van der Waals surface area contributed by atoms with Crippen LogP contribution in [0.25, 0.3) is 0 Å². The number of aryl methyl sites for hydroxylation is 1. The Balaban J connectivity index is 2.70. The van der Waals surface area contributed by atoms with E-state index < -0.39 is 10.0 Å². The summed E-state index contributed by atoms with van der Waals surface area (Å²) in [7, 11) is -1.90. The van der Waals surface area contributed by atoms with Crippen LogP contribution in [0.3, 0.4) is 0 Å². The summed E-state index contributed by atoms with van der Waals surface area (Å²) in [6.45, 7) is 10.6. The topological polar surface area (TPSA) is 85.2 Å². The van der Waals surface area contributed by atoms with Gasteiger partial charge in [0, 0.05) is 33.3 Å². The third kappa shape index (κ3) is 5.35. The molecule has 0 radical (unpaired) electrons. The molecule has 1 heterocycles. The van der Waals surface area contributed by atoms with Crippen molar-refractivity contribution in [2.45, 2.75) is 39.1 Å². The molecule has 1 aromatic heterocycles. The smallest absolute Gasteiger partial charge is 0.244 e. The van der Waals surface area contributed by atoms with E-state index in [2.05, 4.69) is 29.0 Å². The van der Waals surface area contributed by atoms with Crippen LogP contribution >= 0.6 is 0 Å². The van der Waals surface area contributed by atoms with E-state index in [4.69, 9.17) is 4.74 Å². The molecular formula is C14H28N4O3S. The lowest BCUT2D eigenvalue weighted by Gasteiger charge is -2.09. The number of rotatable bonds is 10. The van der Waals surface area contributed by atoms with Crippen LogP contribution in [-0.2, 0) is 21.3 Å². The first-order valence-corrected chi connectivity index (χ1v) is 9.01. The molecular weight excluding hydrogens is 304 g/mol. The van der Waals surface area contributed by atoms with Gasteiger partial charge in [-0.05, 0) is 19.8 Å². The molecule has 0 saturated heterocycles. The fraction of sp³-hybridized carbons (Fsp3) is 0.786. The highest BCUT2D eigenvalue weighted by molar-refractivity contribution is 7.89. The molecule has 0 aliphatic heterocycles. The van der Waals surface area contributed by atoms with Crippen molar-refractivity contribution < 1.29 is 13.2 Å². The molecule has 0 fully saturated rings. The van der Waals surface area contributed by atoms with E-state index >= 15 is 0 Å². The van der Waals surface area contributed by atoms with Crippen molar-refractivity contribution in [3.63, 3.8) is 0 Å². The average Bonchev–Trinajstić information content (AvgIpc) is 2.68. The molecule has 0 aromatic carbocycles. The summed E-state index contributed by atoms with van der Waals surface area (Å²) in [5, 5.41) is 7.45. The minimum absolute atomic E-state index is 0.296. The molecule has 7 nitrogen and oxygen atoms in total. The molecule has 0 aliphatic carbocycles. The van der Waals surface area contributed by atoms with E-state index in [0.717, 1.165) is 0 Å². The second-order valence-electron chi connectivity index (χ2n) is 5.72. The summed E-state index contributed by atoms with van der Waals surface area (Å²) in [5.74, 6) is 0.409. The largest absolute Gasteiger partial charge is 0.383 e. The van der Waals surface area contributed by atoms with Gasteiger partial charge in [0.25, 0.3) is 0 Å². The van der Waals surface area contributed by atoms with Crippen LogP contribution in [-0.4, -0.2) is 51.5 Å². The van der Waals surface area contributed by atoms with Gasteiger partial charge in [0.2, 0.25) is 10.0 Å². The van der Waals surface area contributed by atoms with Crippen molar-refractivity contribution in [3.8, 4) is 0 Å². The Morgan fingerprint density at radius 1 is 1.23 bits per heavy atom. The standard InChI is InChI=1S/C14H28N4O3S/c1-11(2)10-18-13(4)14(12(3)17-18)22(19,20)16-7-6-15-8-9-21-5/h11,15-16H,6-10H2,1-5H3. The van der Waals surface area contributed by atoms with E-state index in [1.807, 2.05) is 0 Å². The predicted octanol–water partition coefficient (Wildman–Crippen LogP) is 0.670. The normalized spacial score (nSPS) is 12.3. The van der Waals surface area contributed by atoms with Crippen LogP contribution in [0.15, 0.2) is 4.90 Å². The van der Waals surface area contributed by atoms with Crippen molar-refractivity contribution in [3.05, 3.63) is 11.4 Å². The summed E-state index contributed by atoms with van der Waals surface area (Å²) >= 11 is 0. The lowest BCUT2D eigenvalue weighted by atomic mass is 10.2. The number of nitrogens with one attached hydrogen (secondary N) is 2. The lowest BCUT2D eigenvalue weighted by molar-refractivity contribution is 0.199. The summed E-state index contributed by atoms with van der Waals surface area (Å²) in [4.78, 5) is 0.296. The number of methoxy groups -OCH3 is 1. The highest BCUT2D eigenvalue weighted by atomic mass is 32.2. The number of hydrogen-bond donors (Lipinski definition) is 2. The van der Waals surface area contributed by atoms with Gasteiger partial charge < -0.3 is 10.1 Å². The molecule has 0 spiro atoms. The maximum Gasteiger partial charge on any atom is 0.244 e. The molecule has 1 rings (SSSR count). The van der Waals surface area contributed by atoms with Gasteiger partial charge in [0.1, 0.15) is 4.90 Å². The Morgan fingerprint density at radius 2 is 1.91 bits per heavy atom. The number of sulfonamides is 1. The lowest BCUT2D eigenvalue weighted by Crippen LogP contribution is -2.33. The molecule has 0 amide bonds. The highest BCUT2D eigenvalue weighted by Gasteiger charge is 2.24. The van der Waals surface area contributed by atoms with E-state index in [0.29, 0.717) is 55.0 Å². The second-order valence-corrected chi connectivity index (χ2v) is 7.42. The van der Waals surface area contributed by atoms with Gasteiger partial charge in [-0.2, -0.15) is 5.10 Å². The SMILES string of the molecule is COCCNCCNS(=O)(=O)c1c(C)nn(CC(C)C)c1C. The third-order valence-electron chi connectivity index (χ3n) is 3.20. The van der Waals surface area contributed by atoms with Crippen molar-refractivity contribution in [1.29, 1.82) is 0 Å². The second kappa shape index (κ2) is 8.61. The van der Waals surface area contributed by atoms with Gasteiger partial charge in [-0.3, -0.25) is 4.68 Å².